The van der Waals surface area contributed by atoms with Crippen molar-refractivity contribution in [1.82, 2.24) is 24.5 Å². The van der Waals surface area contributed by atoms with Crippen molar-refractivity contribution in [2.75, 3.05) is 0 Å². The molecule has 1 aliphatic carbocycles. The molecule has 0 fully saturated rings. The fourth-order valence-electron chi connectivity index (χ4n) is 3.63. The van der Waals surface area contributed by atoms with Crippen molar-refractivity contribution in [2.24, 2.45) is 12.8 Å². The van der Waals surface area contributed by atoms with Gasteiger partial charge in [0.2, 0.25) is 5.91 Å². The van der Waals surface area contributed by atoms with Gasteiger partial charge in [0.15, 0.2) is 5.82 Å². The summed E-state index contributed by atoms with van der Waals surface area (Å²) in [5.74, 6) is 0.810. The number of aryl methyl sites for hydroxylation is 4. The van der Waals surface area contributed by atoms with E-state index < -0.39 is 5.91 Å². The molecular formula is C19H22N6O. The lowest BCUT2D eigenvalue weighted by molar-refractivity contribution is -0.117. The van der Waals surface area contributed by atoms with Crippen LogP contribution in [0.5, 0.6) is 0 Å². The maximum absolute atomic E-state index is 11.3. The zero-order valence-corrected chi connectivity index (χ0v) is 15.1. The van der Waals surface area contributed by atoms with Gasteiger partial charge in [0.1, 0.15) is 5.82 Å². The van der Waals surface area contributed by atoms with E-state index in [1.807, 2.05) is 24.9 Å². The number of fused-ring (bicyclic) bond motifs is 1. The van der Waals surface area contributed by atoms with Gasteiger partial charge in [-0.1, -0.05) is 6.07 Å². The molecule has 1 aromatic carbocycles. The molecular weight excluding hydrogens is 328 g/mol. The highest BCUT2D eigenvalue weighted by molar-refractivity contribution is 5.75. The number of benzene rings is 1. The average Bonchev–Trinajstić information content (AvgIpc) is 3.26. The number of primary amides is 1. The normalized spacial score (nSPS) is 13.2. The maximum Gasteiger partial charge on any atom is 0.225 e. The van der Waals surface area contributed by atoms with E-state index in [9.17, 15) is 4.79 Å². The van der Waals surface area contributed by atoms with Crippen molar-refractivity contribution in [3.63, 3.8) is 0 Å². The van der Waals surface area contributed by atoms with Crippen LogP contribution in [0.2, 0.25) is 0 Å². The van der Waals surface area contributed by atoms with Gasteiger partial charge in [0.25, 0.3) is 0 Å². The molecule has 7 heteroatoms. The second-order valence-electron chi connectivity index (χ2n) is 6.90. The highest BCUT2D eigenvalue weighted by atomic mass is 16.1. The molecule has 26 heavy (non-hydrogen) atoms. The third kappa shape index (κ3) is 3.12. The lowest BCUT2D eigenvalue weighted by Crippen LogP contribution is -2.14. The molecule has 1 amide bonds. The minimum Gasteiger partial charge on any atom is -0.369 e. The summed E-state index contributed by atoms with van der Waals surface area (Å²) in [6.45, 7) is 1.98. The third-order valence-electron chi connectivity index (χ3n) is 4.84. The fraction of sp³-hybridized carbons (Fsp3) is 0.368. The Labute approximate surface area is 151 Å². The van der Waals surface area contributed by atoms with Crippen LogP contribution in [-0.2, 0) is 37.5 Å². The third-order valence-corrected chi connectivity index (χ3v) is 4.84. The predicted octanol–water partition coefficient (Wildman–Crippen LogP) is 1.42. The molecule has 0 saturated carbocycles. The van der Waals surface area contributed by atoms with Crippen molar-refractivity contribution in [3.8, 4) is 5.69 Å². The van der Waals surface area contributed by atoms with Gasteiger partial charge in [0.05, 0.1) is 17.8 Å². The van der Waals surface area contributed by atoms with E-state index in [0.29, 0.717) is 12.2 Å². The Bertz CT molecular complexity index is 984. The van der Waals surface area contributed by atoms with Crippen LogP contribution in [0, 0.1) is 6.92 Å². The number of carbonyl (C=O) groups is 1. The summed E-state index contributed by atoms with van der Waals surface area (Å²) in [7, 11) is 1.90. The molecule has 134 valence electrons. The first-order valence-electron chi connectivity index (χ1n) is 8.84. The number of hydrogen-bond donors (Lipinski definition) is 1. The van der Waals surface area contributed by atoms with E-state index >= 15 is 0 Å². The Morgan fingerprint density at radius 2 is 2.04 bits per heavy atom. The Morgan fingerprint density at radius 3 is 2.77 bits per heavy atom. The molecule has 0 unspecified atom stereocenters. The monoisotopic (exact) mass is 350 g/mol. The predicted molar refractivity (Wildman–Crippen MR) is 97.0 cm³/mol. The van der Waals surface area contributed by atoms with E-state index in [4.69, 9.17) is 5.73 Å². The number of rotatable bonds is 5. The first-order chi connectivity index (χ1) is 12.5. The molecule has 4 rings (SSSR count). The summed E-state index contributed by atoms with van der Waals surface area (Å²) in [6.07, 6.45) is 6.07. The lowest BCUT2D eigenvalue weighted by atomic mass is 10.1. The van der Waals surface area contributed by atoms with Crippen LogP contribution >= 0.6 is 0 Å². The lowest BCUT2D eigenvalue weighted by Gasteiger charge is -2.08. The zero-order valence-electron chi connectivity index (χ0n) is 15.1. The number of aromatic nitrogens is 5. The Morgan fingerprint density at radius 1 is 1.23 bits per heavy atom. The first-order valence-corrected chi connectivity index (χ1v) is 8.84. The standard InChI is InChI=1S/C19H22N6O/c1-12-15(11-24(2)22-12)9-19-21-18(10-17(20)26)23-25(19)16-7-6-13-4-3-5-14(13)8-16/h6-8,11H,3-5,9-10H2,1-2H3,(H2,20,26). The van der Waals surface area contributed by atoms with E-state index in [-0.39, 0.29) is 6.42 Å². The molecule has 2 N–H and O–H groups in total. The molecule has 0 bridgehead atoms. The highest BCUT2D eigenvalue weighted by Crippen LogP contribution is 2.25. The molecule has 7 nitrogen and oxygen atoms in total. The van der Waals surface area contributed by atoms with Gasteiger partial charge in [-0.05, 0) is 49.4 Å². The second-order valence-corrected chi connectivity index (χ2v) is 6.90. The maximum atomic E-state index is 11.3. The molecule has 0 spiro atoms. The van der Waals surface area contributed by atoms with Crippen molar-refractivity contribution in [3.05, 3.63) is 58.4 Å². The topological polar surface area (TPSA) is 91.6 Å². The molecule has 0 atom stereocenters. The van der Waals surface area contributed by atoms with Crippen molar-refractivity contribution >= 4 is 5.91 Å². The summed E-state index contributed by atoms with van der Waals surface area (Å²) in [5.41, 5.74) is 11.2. The van der Waals surface area contributed by atoms with Gasteiger partial charge in [-0.25, -0.2) is 9.67 Å². The number of hydrogen-bond acceptors (Lipinski definition) is 4. The number of amides is 1. The quantitative estimate of drug-likeness (QED) is 0.753. The molecule has 0 saturated heterocycles. The first kappa shape index (κ1) is 16.5. The van der Waals surface area contributed by atoms with Gasteiger partial charge >= 0.3 is 0 Å². The van der Waals surface area contributed by atoms with Crippen molar-refractivity contribution < 1.29 is 4.79 Å². The zero-order chi connectivity index (χ0) is 18.3. The fourth-order valence-corrected chi connectivity index (χ4v) is 3.63. The van der Waals surface area contributed by atoms with Crippen LogP contribution in [0.3, 0.4) is 0 Å². The number of carbonyl (C=O) groups excluding carboxylic acids is 1. The van der Waals surface area contributed by atoms with Gasteiger partial charge in [-0.2, -0.15) is 10.2 Å². The summed E-state index contributed by atoms with van der Waals surface area (Å²) in [4.78, 5) is 15.9. The van der Waals surface area contributed by atoms with Gasteiger partial charge < -0.3 is 5.73 Å². The average molecular weight is 350 g/mol. The van der Waals surface area contributed by atoms with Crippen LogP contribution in [-0.4, -0.2) is 30.5 Å². The second kappa shape index (κ2) is 6.40. The van der Waals surface area contributed by atoms with E-state index in [1.54, 1.807) is 4.68 Å². The molecule has 1 aliphatic rings. The summed E-state index contributed by atoms with van der Waals surface area (Å²) in [5, 5.41) is 8.95. The molecule has 3 aromatic rings. The van der Waals surface area contributed by atoms with Crippen molar-refractivity contribution in [2.45, 2.75) is 39.0 Å². The number of nitrogens with two attached hydrogens (primary N) is 1. The van der Waals surface area contributed by atoms with Crippen LogP contribution in [0.25, 0.3) is 5.69 Å². The summed E-state index contributed by atoms with van der Waals surface area (Å²) in [6, 6.07) is 6.43. The van der Waals surface area contributed by atoms with E-state index in [0.717, 1.165) is 35.6 Å². The SMILES string of the molecule is Cc1nn(C)cc1Cc1nc(CC(N)=O)nn1-c1ccc2c(c1)CCC2. The molecule has 0 radical (unpaired) electrons. The Kier molecular flexibility index (Phi) is 4.06. The molecule has 0 aliphatic heterocycles. The minimum atomic E-state index is -0.430. The van der Waals surface area contributed by atoms with Crippen LogP contribution < -0.4 is 5.73 Å². The summed E-state index contributed by atoms with van der Waals surface area (Å²) >= 11 is 0. The van der Waals surface area contributed by atoms with Crippen molar-refractivity contribution in [1.29, 1.82) is 0 Å². The van der Waals surface area contributed by atoms with Gasteiger partial charge in [-0.3, -0.25) is 9.48 Å². The number of nitrogens with zero attached hydrogens (tertiary/aromatic N) is 5. The van der Waals surface area contributed by atoms with Gasteiger partial charge in [-0.15, -0.1) is 0 Å². The largest absolute Gasteiger partial charge is 0.369 e. The van der Waals surface area contributed by atoms with E-state index in [2.05, 4.69) is 33.4 Å². The molecule has 2 aromatic heterocycles. The van der Waals surface area contributed by atoms with Crippen LogP contribution in [0.1, 0.15) is 40.5 Å². The van der Waals surface area contributed by atoms with Gasteiger partial charge in [0, 0.05) is 25.2 Å². The minimum absolute atomic E-state index is 0.0387. The van der Waals surface area contributed by atoms with Crippen LogP contribution in [0.4, 0.5) is 0 Å². The molecule has 2 heterocycles. The Hall–Kier alpha value is -2.96. The van der Waals surface area contributed by atoms with Crippen LogP contribution in [0.15, 0.2) is 24.4 Å². The highest BCUT2D eigenvalue weighted by Gasteiger charge is 2.18. The summed E-state index contributed by atoms with van der Waals surface area (Å²) < 4.78 is 3.63. The van der Waals surface area contributed by atoms with E-state index in [1.165, 1.54) is 17.5 Å². The Balaban J connectivity index is 1.75. The smallest absolute Gasteiger partial charge is 0.225 e.